The third kappa shape index (κ3) is 2.01. The van der Waals surface area contributed by atoms with Crippen molar-refractivity contribution in [3.63, 3.8) is 0 Å². The van der Waals surface area contributed by atoms with Crippen LogP contribution >= 0.6 is 0 Å². The number of piperidine rings is 1. The lowest BCUT2D eigenvalue weighted by molar-refractivity contribution is 0.206. The smallest absolute Gasteiger partial charge is 0.0164 e. The van der Waals surface area contributed by atoms with Gasteiger partial charge >= 0.3 is 0 Å². The highest BCUT2D eigenvalue weighted by atomic mass is 14.9. The molecular weight excluding hydrogens is 146 g/mol. The van der Waals surface area contributed by atoms with E-state index in [9.17, 15) is 0 Å². The summed E-state index contributed by atoms with van der Waals surface area (Å²) in [5, 5.41) is 4.53. The second-order valence-electron chi connectivity index (χ2n) is 4.43. The van der Waals surface area contributed by atoms with Crippen molar-refractivity contribution < 1.29 is 0 Å². The van der Waals surface area contributed by atoms with Crippen LogP contribution < -0.4 is 5.32 Å². The molecule has 0 aromatic heterocycles. The lowest BCUT2D eigenvalue weighted by Gasteiger charge is -2.32. The Morgan fingerprint density at radius 1 is 0.750 bits per heavy atom. The molecular formula is C11H20N. The second kappa shape index (κ2) is 4.27. The van der Waals surface area contributed by atoms with Crippen LogP contribution in [-0.2, 0) is 0 Å². The van der Waals surface area contributed by atoms with Crippen molar-refractivity contribution in [2.45, 2.75) is 44.9 Å². The largest absolute Gasteiger partial charge is 0.241 e. The van der Waals surface area contributed by atoms with Gasteiger partial charge in [-0.3, -0.25) is 0 Å². The van der Waals surface area contributed by atoms with Crippen molar-refractivity contribution in [2.75, 3.05) is 13.1 Å². The molecule has 2 rings (SSSR count). The molecule has 1 saturated heterocycles. The second-order valence-corrected chi connectivity index (χ2v) is 4.43. The fraction of sp³-hybridized carbons (Fsp3) is 1.00. The molecule has 2 fully saturated rings. The molecule has 12 heavy (non-hydrogen) atoms. The molecule has 1 heterocycles. The standard InChI is InChI=1S/C11H20N/c1-2-5-10(6-3-1)11-7-4-8-12-9-11/h10-11H,1-9H2/t11-/m1/s1. The van der Waals surface area contributed by atoms with Crippen molar-refractivity contribution in [3.05, 3.63) is 0 Å². The number of rotatable bonds is 1. The molecule has 1 saturated carbocycles. The average Bonchev–Trinajstić information content (AvgIpc) is 2.21. The Morgan fingerprint density at radius 3 is 2.17 bits per heavy atom. The fourth-order valence-corrected chi connectivity index (χ4v) is 2.80. The first-order chi connectivity index (χ1) is 5.97. The lowest BCUT2D eigenvalue weighted by Crippen LogP contribution is -2.30. The van der Waals surface area contributed by atoms with E-state index in [2.05, 4.69) is 5.32 Å². The molecule has 0 unspecified atom stereocenters. The molecule has 69 valence electrons. The van der Waals surface area contributed by atoms with Crippen LogP contribution in [0.5, 0.6) is 0 Å². The van der Waals surface area contributed by atoms with Crippen LogP contribution in [0.4, 0.5) is 0 Å². The van der Waals surface area contributed by atoms with Gasteiger partial charge in [0.25, 0.3) is 0 Å². The summed E-state index contributed by atoms with van der Waals surface area (Å²) in [7, 11) is 0. The first-order valence-corrected chi connectivity index (χ1v) is 5.60. The van der Waals surface area contributed by atoms with Gasteiger partial charge in [0, 0.05) is 13.1 Å². The minimum absolute atomic E-state index is 0.971. The Kier molecular flexibility index (Phi) is 3.04. The van der Waals surface area contributed by atoms with E-state index in [4.69, 9.17) is 0 Å². The first-order valence-electron chi connectivity index (χ1n) is 5.60. The highest BCUT2D eigenvalue weighted by molar-refractivity contribution is 4.78. The summed E-state index contributed by atoms with van der Waals surface area (Å²) < 4.78 is 0. The summed E-state index contributed by atoms with van der Waals surface area (Å²) in [6.07, 6.45) is 10.3. The number of hydrogen-bond donors (Lipinski definition) is 0. The monoisotopic (exact) mass is 166 g/mol. The fourth-order valence-electron chi connectivity index (χ4n) is 2.80. The van der Waals surface area contributed by atoms with Gasteiger partial charge in [-0.1, -0.05) is 32.1 Å². The van der Waals surface area contributed by atoms with E-state index < -0.39 is 0 Å². The maximum atomic E-state index is 4.53. The Balaban J connectivity index is 1.80. The van der Waals surface area contributed by atoms with Crippen LogP contribution in [0, 0.1) is 11.8 Å². The van der Waals surface area contributed by atoms with Crippen LogP contribution in [-0.4, -0.2) is 13.1 Å². The molecule has 0 amide bonds. The van der Waals surface area contributed by atoms with E-state index in [1.807, 2.05) is 0 Å². The van der Waals surface area contributed by atoms with Crippen LogP contribution in [0.1, 0.15) is 44.9 Å². The SMILES string of the molecule is C1CCC([C@@H]2CCC[N]C2)CC1. The summed E-state index contributed by atoms with van der Waals surface area (Å²) in [5.74, 6) is 2.02. The molecule has 0 aromatic rings. The van der Waals surface area contributed by atoms with Crippen LogP contribution in [0.3, 0.4) is 0 Å². The summed E-state index contributed by atoms with van der Waals surface area (Å²) in [5.41, 5.74) is 0. The Hall–Kier alpha value is -0.0400. The molecule has 1 aliphatic carbocycles. The van der Waals surface area contributed by atoms with E-state index in [1.165, 1.54) is 51.5 Å². The Bertz CT molecular complexity index is 105. The molecule has 0 N–H and O–H groups in total. The van der Waals surface area contributed by atoms with Gasteiger partial charge in [-0.15, -0.1) is 0 Å². The zero-order valence-electron chi connectivity index (χ0n) is 7.97. The van der Waals surface area contributed by atoms with Crippen LogP contribution in [0.15, 0.2) is 0 Å². The summed E-state index contributed by atoms with van der Waals surface area (Å²) in [6.45, 7) is 2.33. The van der Waals surface area contributed by atoms with Gasteiger partial charge in [0.05, 0.1) is 0 Å². The lowest BCUT2D eigenvalue weighted by atomic mass is 9.77. The highest BCUT2D eigenvalue weighted by Gasteiger charge is 2.24. The van der Waals surface area contributed by atoms with Gasteiger partial charge in [0.1, 0.15) is 0 Å². The maximum absolute atomic E-state index is 4.53. The minimum atomic E-state index is 0.971. The quantitative estimate of drug-likeness (QED) is 0.568. The van der Waals surface area contributed by atoms with E-state index in [-0.39, 0.29) is 0 Å². The highest BCUT2D eigenvalue weighted by Crippen LogP contribution is 2.33. The minimum Gasteiger partial charge on any atom is -0.241 e. The molecule has 1 heteroatoms. The van der Waals surface area contributed by atoms with Gasteiger partial charge in [-0.2, -0.15) is 0 Å². The summed E-state index contributed by atoms with van der Waals surface area (Å²) >= 11 is 0. The van der Waals surface area contributed by atoms with Crippen LogP contribution in [0.2, 0.25) is 0 Å². The molecule has 1 aliphatic heterocycles. The third-order valence-corrected chi connectivity index (χ3v) is 3.57. The third-order valence-electron chi connectivity index (χ3n) is 3.57. The summed E-state index contributed by atoms with van der Waals surface area (Å²) in [4.78, 5) is 0. The maximum Gasteiger partial charge on any atom is 0.0164 e. The van der Waals surface area contributed by atoms with E-state index >= 15 is 0 Å². The Labute approximate surface area is 75.9 Å². The zero-order chi connectivity index (χ0) is 8.23. The molecule has 1 nitrogen and oxygen atoms in total. The molecule has 1 radical (unpaired) electrons. The molecule has 0 spiro atoms. The Morgan fingerprint density at radius 2 is 1.50 bits per heavy atom. The van der Waals surface area contributed by atoms with E-state index in [0.717, 1.165) is 18.4 Å². The molecule has 2 aliphatic rings. The average molecular weight is 166 g/mol. The van der Waals surface area contributed by atoms with Gasteiger partial charge in [0.2, 0.25) is 0 Å². The predicted octanol–water partition coefficient (Wildman–Crippen LogP) is 2.58. The molecule has 1 atom stereocenters. The van der Waals surface area contributed by atoms with E-state index in [1.54, 1.807) is 0 Å². The normalized spacial score (nSPS) is 33.5. The van der Waals surface area contributed by atoms with Crippen LogP contribution in [0.25, 0.3) is 0 Å². The van der Waals surface area contributed by atoms with Crippen molar-refractivity contribution >= 4 is 0 Å². The van der Waals surface area contributed by atoms with Crippen molar-refractivity contribution in [3.8, 4) is 0 Å². The van der Waals surface area contributed by atoms with Gasteiger partial charge in [-0.25, -0.2) is 5.32 Å². The summed E-state index contributed by atoms with van der Waals surface area (Å²) in [6, 6.07) is 0. The first kappa shape index (κ1) is 8.55. The predicted molar refractivity (Wildman–Crippen MR) is 51.2 cm³/mol. The van der Waals surface area contributed by atoms with Crippen molar-refractivity contribution in [1.82, 2.24) is 5.32 Å². The molecule has 0 aromatic carbocycles. The van der Waals surface area contributed by atoms with Crippen molar-refractivity contribution in [1.29, 1.82) is 0 Å². The topological polar surface area (TPSA) is 14.1 Å². The van der Waals surface area contributed by atoms with Crippen molar-refractivity contribution in [2.24, 2.45) is 11.8 Å². The number of nitrogens with zero attached hydrogens (tertiary/aromatic N) is 1. The van der Waals surface area contributed by atoms with E-state index in [0.29, 0.717) is 0 Å². The zero-order valence-corrected chi connectivity index (χ0v) is 7.97. The molecule has 0 bridgehead atoms. The number of hydrogen-bond acceptors (Lipinski definition) is 0. The van der Waals surface area contributed by atoms with Gasteiger partial charge < -0.3 is 0 Å². The van der Waals surface area contributed by atoms with Gasteiger partial charge in [-0.05, 0) is 24.7 Å². The van der Waals surface area contributed by atoms with Gasteiger partial charge in [0.15, 0.2) is 0 Å².